The molecule has 1 aromatic carbocycles. The lowest BCUT2D eigenvalue weighted by Gasteiger charge is -2.02. The van der Waals surface area contributed by atoms with Gasteiger partial charge in [-0.3, -0.25) is 14.8 Å². The summed E-state index contributed by atoms with van der Waals surface area (Å²) >= 11 is 0. The van der Waals surface area contributed by atoms with Crippen molar-refractivity contribution in [1.29, 1.82) is 0 Å². The van der Waals surface area contributed by atoms with Gasteiger partial charge >= 0.3 is 7.60 Å². The molecule has 0 aliphatic carbocycles. The number of nitrogens with two attached hydrogens (primary N) is 1. The van der Waals surface area contributed by atoms with Crippen LogP contribution in [0.15, 0.2) is 30.3 Å². The Hall–Kier alpha value is -0.670. The lowest BCUT2D eigenvalue weighted by atomic mass is 10.1. The van der Waals surface area contributed by atoms with E-state index in [9.17, 15) is 4.57 Å². The van der Waals surface area contributed by atoms with E-state index in [2.05, 4.69) is 4.52 Å². The van der Waals surface area contributed by atoms with Crippen molar-refractivity contribution in [1.82, 2.24) is 0 Å². The van der Waals surface area contributed by atoms with E-state index < -0.39 is 13.1 Å². The van der Waals surface area contributed by atoms with Gasteiger partial charge in [0.25, 0.3) is 0 Å². The maximum Gasteiger partial charge on any atom is 0.377 e. The quantitative estimate of drug-likeness (QED) is 0.551. The topological polar surface area (TPSA) is 75.8 Å². The zero-order valence-corrected chi connectivity index (χ0v) is 7.78. The molecule has 3 N–H and O–H groups in total. The molecule has 70 valence electrons. The van der Waals surface area contributed by atoms with Crippen LogP contribution in [0.25, 0.3) is 0 Å². The summed E-state index contributed by atoms with van der Waals surface area (Å²) in [5.41, 5.74) is 5.08. The van der Waals surface area contributed by atoms with E-state index in [1.54, 1.807) is 0 Å². The summed E-state index contributed by atoms with van der Waals surface area (Å²) in [5.74, 6) is 0. The zero-order valence-electron chi connectivity index (χ0n) is 6.88. The summed E-state index contributed by atoms with van der Waals surface area (Å²) in [6, 6.07) is 9.26. The second-order valence-electron chi connectivity index (χ2n) is 3.12. The molecule has 2 unspecified atom stereocenters. The fourth-order valence-electron chi connectivity index (χ4n) is 1.21. The first-order valence-electron chi connectivity index (χ1n) is 3.90. The van der Waals surface area contributed by atoms with Crippen LogP contribution < -0.4 is 5.73 Å². The summed E-state index contributed by atoms with van der Waals surface area (Å²) in [7, 11) is -3.50. The Bertz CT molecular complexity index is 367. The van der Waals surface area contributed by atoms with Crippen LogP contribution in [-0.4, -0.2) is 10.4 Å². The number of benzene rings is 1. The maximum atomic E-state index is 11.0. The highest BCUT2D eigenvalue weighted by Gasteiger charge is 2.65. The zero-order chi connectivity index (χ0) is 9.53. The molecule has 0 radical (unpaired) electrons. The van der Waals surface area contributed by atoms with Gasteiger partial charge in [0.05, 0.1) is 0 Å². The van der Waals surface area contributed by atoms with E-state index in [0.717, 1.165) is 5.56 Å². The van der Waals surface area contributed by atoms with Gasteiger partial charge in [-0.15, -0.1) is 0 Å². The molecule has 0 spiro atoms. The molecule has 5 heteroatoms. The Morgan fingerprint density at radius 2 is 2.00 bits per heavy atom. The molecule has 0 aromatic heterocycles. The second-order valence-corrected chi connectivity index (χ2v) is 5.10. The van der Waals surface area contributed by atoms with E-state index in [1.807, 2.05) is 30.3 Å². The van der Waals surface area contributed by atoms with Crippen LogP contribution in [-0.2, 0) is 15.5 Å². The van der Waals surface area contributed by atoms with E-state index in [4.69, 9.17) is 10.6 Å². The van der Waals surface area contributed by atoms with Crippen molar-refractivity contribution in [3.05, 3.63) is 35.9 Å². The highest BCUT2D eigenvalue weighted by molar-refractivity contribution is 7.60. The van der Waals surface area contributed by atoms with Gasteiger partial charge < -0.3 is 4.89 Å². The van der Waals surface area contributed by atoms with Gasteiger partial charge in [-0.05, 0) is 5.56 Å². The Labute approximate surface area is 75.9 Å². The molecule has 1 heterocycles. The Kier molecular flexibility index (Phi) is 1.82. The fourth-order valence-corrected chi connectivity index (χ4v) is 2.26. The minimum Gasteiger partial charge on any atom is -0.321 e. The van der Waals surface area contributed by atoms with E-state index in [0.29, 0.717) is 0 Å². The molecule has 4 nitrogen and oxygen atoms in total. The molecule has 1 aliphatic rings. The third-order valence-electron chi connectivity index (χ3n) is 2.03. The van der Waals surface area contributed by atoms with Crippen molar-refractivity contribution < 1.29 is 14.0 Å². The van der Waals surface area contributed by atoms with Gasteiger partial charge in [0.1, 0.15) is 0 Å². The molecule has 1 aliphatic heterocycles. The predicted octanol–water partition coefficient (Wildman–Crippen LogP) is 1.06. The van der Waals surface area contributed by atoms with Crippen molar-refractivity contribution in [2.24, 2.45) is 5.73 Å². The SMILES string of the molecule is NC1(Cc2ccccc2)OP1(=O)O. The summed E-state index contributed by atoms with van der Waals surface area (Å²) < 4.78 is 15.6. The van der Waals surface area contributed by atoms with E-state index in [-0.39, 0.29) is 6.42 Å². The van der Waals surface area contributed by atoms with Crippen LogP contribution in [0.3, 0.4) is 0 Å². The third-order valence-corrected chi connectivity index (χ3v) is 3.64. The largest absolute Gasteiger partial charge is 0.377 e. The molecule has 2 rings (SSSR count). The number of hydrogen-bond acceptors (Lipinski definition) is 3. The average Bonchev–Trinajstić information content (AvgIpc) is 2.51. The van der Waals surface area contributed by atoms with Crippen molar-refractivity contribution in [3.63, 3.8) is 0 Å². The smallest absolute Gasteiger partial charge is 0.321 e. The molecule has 13 heavy (non-hydrogen) atoms. The summed E-state index contributed by atoms with van der Waals surface area (Å²) in [4.78, 5) is 9.02. The van der Waals surface area contributed by atoms with Gasteiger partial charge in [0.2, 0.25) is 5.47 Å². The first-order chi connectivity index (χ1) is 6.04. The summed E-state index contributed by atoms with van der Waals surface area (Å²) in [6.07, 6.45) is 0.279. The van der Waals surface area contributed by atoms with Gasteiger partial charge in [-0.2, -0.15) is 0 Å². The van der Waals surface area contributed by atoms with Gasteiger partial charge in [0.15, 0.2) is 0 Å². The van der Waals surface area contributed by atoms with Crippen molar-refractivity contribution >= 4 is 7.60 Å². The molecular formula is C8H10NO3P. The lowest BCUT2D eigenvalue weighted by molar-refractivity contribution is 0.317. The van der Waals surface area contributed by atoms with Gasteiger partial charge in [-0.1, -0.05) is 30.3 Å². The van der Waals surface area contributed by atoms with E-state index in [1.165, 1.54) is 0 Å². The van der Waals surface area contributed by atoms with Crippen molar-refractivity contribution in [2.75, 3.05) is 0 Å². The van der Waals surface area contributed by atoms with Crippen LogP contribution in [0, 0.1) is 0 Å². The molecule has 2 atom stereocenters. The first-order valence-corrected chi connectivity index (χ1v) is 5.48. The maximum absolute atomic E-state index is 11.0. The Balaban J connectivity index is 2.13. The standard InChI is InChI=1S/C8H10NO3P/c9-8(12-13(8,10)11)6-7-4-2-1-3-5-7/h1-5H,6,9H2,(H,10,11). The van der Waals surface area contributed by atoms with E-state index >= 15 is 0 Å². The second kappa shape index (κ2) is 2.66. The summed E-state index contributed by atoms with van der Waals surface area (Å²) in [5, 5.41) is 0. The van der Waals surface area contributed by atoms with Crippen LogP contribution in [0.4, 0.5) is 0 Å². The molecule has 0 saturated carbocycles. The first kappa shape index (κ1) is 8.91. The van der Waals surface area contributed by atoms with Crippen molar-refractivity contribution in [3.8, 4) is 0 Å². The van der Waals surface area contributed by atoms with Gasteiger partial charge in [-0.25, -0.2) is 0 Å². The highest BCUT2D eigenvalue weighted by atomic mass is 31.2. The predicted molar refractivity (Wildman–Crippen MR) is 48.0 cm³/mol. The normalized spacial score (nSPS) is 37.4. The van der Waals surface area contributed by atoms with Crippen LogP contribution >= 0.6 is 7.60 Å². The number of hydrogen-bond donors (Lipinski definition) is 2. The molecule has 1 saturated heterocycles. The molecular weight excluding hydrogens is 189 g/mol. The monoisotopic (exact) mass is 199 g/mol. The molecule has 1 fully saturated rings. The highest BCUT2D eigenvalue weighted by Crippen LogP contribution is 2.72. The van der Waals surface area contributed by atoms with Gasteiger partial charge in [0, 0.05) is 6.42 Å². The third kappa shape index (κ3) is 1.54. The minimum absolute atomic E-state index is 0.279. The van der Waals surface area contributed by atoms with Crippen molar-refractivity contribution in [2.45, 2.75) is 11.9 Å². The fraction of sp³-hybridized carbons (Fsp3) is 0.250. The molecule has 0 bridgehead atoms. The molecule has 1 aromatic rings. The van der Waals surface area contributed by atoms with Crippen LogP contribution in [0.2, 0.25) is 0 Å². The number of rotatable bonds is 2. The minimum atomic E-state index is -3.50. The molecule has 0 amide bonds. The van der Waals surface area contributed by atoms with Crippen LogP contribution in [0.5, 0.6) is 0 Å². The summed E-state index contributed by atoms with van der Waals surface area (Å²) in [6.45, 7) is 0. The van der Waals surface area contributed by atoms with Crippen LogP contribution in [0.1, 0.15) is 5.56 Å². The Morgan fingerprint density at radius 3 is 2.46 bits per heavy atom. The lowest BCUT2D eigenvalue weighted by Crippen LogP contribution is -2.25. The Morgan fingerprint density at radius 1 is 1.46 bits per heavy atom. The average molecular weight is 199 g/mol.